The van der Waals surface area contributed by atoms with Gasteiger partial charge in [-0.25, -0.2) is 9.97 Å². The van der Waals surface area contributed by atoms with Gasteiger partial charge in [-0.15, -0.1) is 0 Å². The molecular weight excluding hydrogens is 294 g/mol. The fourth-order valence-corrected chi connectivity index (χ4v) is 2.97. The van der Waals surface area contributed by atoms with E-state index in [9.17, 15) is 9.90 Å². The Morgan fingerprint density at radius 2 is 2.22 bits per heavy atom. The Kier molecular flexibility index (Phi) is 4.32. The summed E-state index contributed by atoms with van der Waals surface area (Å²) in [6.07, 6.45) is 2.79. The van der Waals surface area contributed by atoms with E-state index in [1.54, 1.807) is 18.6 Å². The highest BCUT2D eigenvalue weighted by molar-refractivity contribution is 5.96. The number of pyridine rings is 1. The molecule has 2 aromatic heterocycles. The molecule has 1 fully saturated rings. The Hall–Kier alpha value is -1.99. The number of imidazole rings is 1. The van der Waals surface area contributed by atoms with Crippen molar-refractivity contribution in [2.24, 2.45) is 5.92 Å². The quantitative estimate of drug-likeness (QED) is 0.857. The second kappa shape index (κ2) is 6.25. The fourth-order valence-electron chi connectivity index (χ4n) is 2.97. The lowest BCUT2D eigenvalue weighted by atomic mass is 10.2. The zero-order valence-electron chi connectivity index (χ0n) is 13.7. The van der Waals surface area contributed by atoms with Crippen molar-refractivity contribution in [1.29, 1.82) is 0 Å². The van der Waals surface area contributed by atoms with E-state index in [1.165, 1.54) is 0 Å². The molecule has 0 unspecified atom stereocenters. The van der Waals surface area contributed by atoms with Crippen LogP contribution in [0.1, 0.15) is 24.2 Å². The molecule has 0 bridgehead atoms. The maximum Gasteiger partial charge on any atom is 0.253 e. The van der Waals surface area contributed by atoms with Crippen molar-refractivity contribution in [3.8, 4) is 0 Å². The number of hydrogen-bond acceptors (Lipinski definition) is 5. The van der Waals surface area contributed by atoms with E-state index >= 15 is 0 Å². The van der Waals surface area contributed by atoms with Crippen molar-refractivity contribution in [2.45, 2.75) is 32.5 Å². The monoisotopic (exact) mass is 317 g/mol. The van der Waals surface area contributed by atoms with Gasteiger partial charge in [0.15, 0.2) is 5.65 Å². The van der Waals surface area contributed by atoms with Gasteiger partial charge in [-0.05, 0) is 19.0 Å². The number of fused-ring (bicyclic) bond motifs is 1. The minimum Gasteiger partial charge on any atom is -0.390 e. The van der Waals surface area contributed by atoms with Crippen LogP contribution in [0.4, 0.5) is 0 Å². The summed E-state index contributed by atoms with van der Waals surface area (Å²) in [6, 6.07) is 1.50. The number of likely N-dealkylation sites (N-methyl/N-ethyl adjacent to an activating group) is 1. The van der Waals surface area contributed by atoms with Crippen LogP contribution in [0.15, 0.2) is 18.6 Å². The summed E-state index contributed by atoms with van der Waals surface area (Å²) in [5.74, 6) is 0.273. The van der Waals surface area contributed by atoms with Crippen molar-refractivity contribution < 1.29 is 9.90 Å². The number of nitrogens with one attached hydrogen (secondary N) is 1. The molecule has 0 aromatic carbocycles. The average molecular weight is 317 g/mol. The van der Waals surface area contributed by atoms with Gasteiger partial charge in [0.25, 0.3) is 5.91 Å². The second-order valence-corrected chi connectivity index (χ2v) is 6.73. The third-order valence-corrected chi connectivity index (χ3v) is 4.07. The zero-order valence-corrected chi connectivity index (χ0v) is 13.7. The normalized spacial score (nSPS) is 22.1. The minimum atomic E-state index is -0.536. The van der Waals surface area contributed by atoms with Gasteiger partial charge in [-0.3, -0.25) is 4.79 Å². The summed E-state index contributed by atoms with van der Waals surface area (Å²) in [7, 11) is 1.92. The molecule has 2 N–H and O–H groups in total. The second-order valence-electron chi connectivity index (χ2n) is 6.73. The molecule has 2 atom stereocenters. The van der Waals surface area contributed by atoms with Gasteiger partial charge in [0.05, 0.1) is 24.0 Å². The number of carbonyl (C=O) groups is 1. The van der Waals surface area contributed by atoms with Gasteiger partial charge in [-0.1, -0.05) is 13.8 Å². The van der Waals surface area contributed by atoms with Crippen LogP contribution < -0.4 is 5.32 Å². The molecule has 1 aliphatic heterocycles. The number of hydrogen-bond donors (Lipinski definition) is 2. The Morgan fingerprint density at radius 3 is 2.87 bits per heavy atom. The summed E-state index contributed by atoms with van der Waals surface area (Å²) in [6.45, 7) is 6.33. The zero-order chi connectivity index (χ0) is 16.6. The van der Waals surface area contributed by atoms with Gasteiger partial charge in [0, 0.05) is 25.8 Å². The standard InChI is InChI=1S/C16H23N5O2/c1-10(2)6-21-9-18-12-4-11(5-17-15(12)21)16(23)19-13-7-20(3)8-14(13)22/h4-5,9-10,13-14,22H,6-8H2,1-3H3,(H,19,23)/t13-,14-/m1/s1. The van der Waals surface area contributed by atoms with E-state index < -0.39 is 6.10 Å². The van der Waals surface area contributed by atoms with Crippen molar-refractivity contribution >= 4 is 17.1 Å². The molecule has 124 valence electrons. The molecule has 0 spiro atoms. The van der Waals surface area contributed by atoms with Gasteiger partial charge >= 0.3 is 0 Å². The highest BCUT2D eigenvalue weighted by atomic mass is 16.3. The van der Waals surface area contributed by atoms with Crippen molar-refractivity contribution in [1.82, 2.24) is 24.8 Å². The van der Waals surface area contributed by atoms with E-state index in [1.807, 2.05) is 16.5 Å². The maximum absolute atomic E-state index is 12.4. The van der Waals surface area contributed by atoms with Gasteiger partial charge in [0.1, 0.15) is 5.52 Å². The number of aromatic nitrogens is 3. The molecule has 3 rings (SSSR count). The first-order valence-electron chi connectivity index (χ1n) is 7.92. The van der Waals surface area contributed by atoms with Crippen LogP contribution in [0.5, 0.6) is 0 Å². The number of aliphatic hydroxyl groups is 1. The highest BCUT2D eigenvalue weighted by Crippen LogP contribution is 2.15. The molecule has 23 heavy (non-hydrogen) atoms. The molecular formula is C16H23N5O2. The van der Waals surface area contributed by atoms with E-state index in [-0.39, 0.29) is 11.9 Å². The van der Waals surface area contributed by atoms with Crippen molar-refractivity contribution in [3.63, 3.8) is 0 Å². The lowest BCUT2D eigenvalue weighted by Gasteiger charge is -2.15. The molecule has 7 heteroatoms. The van der Waals surface area contributed by atoms with Crippen LogP contribution in [-0.2, 0) is 6.54 Å². The van der Waals surface area contributed by atoms with Crippen LogP contribution in [0.3, 0.4) is 0 Å². The number of amides is 1. The van der Waals surface area contributed by atoms with E-state index in [4.69, 9.17) is 0 Å². The first-order chi connectivity index (χ1) is 10.9. The number of likely N-dealkylation sites (tertiary alicyclic amines) is 1. The summed E-state index contributed by atoms with van der Waals surface area (Å²) in [5, 5.41) is 12.8. The Bertz CT molecular complexity index is 712. The third kappa shape index (κ3) is 3.35. The molecule has 1 amide bonds. The number of rotatable bonds is 4. The maximum atomic E-state index is 12.4. The van der Waals surface area contributed by atoms with E-state index in [0.29, 0.717) is 30.1 Å². The number of β-amino-alcohol motifs (C(OH)–C–C–N with tert-alkyl or cyclic N) is 1. The van der Waals surface area contributed by atoms with E-state index in [0.717, 1.165) is 12.2 Å². The Balaban J connectivity index is 1.76. The minimum absolute atomic E-state index is 0.225. The summed E-state index contributed by atoms with van der Waals surface area (Å²) in [5.41, 5.74) is 1.97. The first kappa shape index (κ1) is 15.9. The van der Waals surface area contributed by atoms with Crippen LogP contribution in [0.25, 0.3) is 11.2 Å². The third-order valence-electron chi connectivity index (χ3n) is 4.07. The topological polar surface area (TPSA) is 83.3 Å². The molecule has 1 aliphatic rings. The largest absolute Gasteiger partial charge is 0.390 e. The fraction of sp³-hybridized carbons (Fsp3) is 0.562. The lowest BCUT2D eigenvalue weighted by Crippen LogP contribution is -2.42. The predicted octanol–water partition coefficient (Wildman–Crippen LogP) is 0.492. The van der Waals surface area contributed by atoms with Crippen molar-refractivity contribution in [2.75, 3.05) is 20.1 Å². The lowest BCUT2D eigenvalue weighted by molar-refractivity contribution is 0.0888. The smallest absolute Gasteiger partial charge is 0.253 e. The van der Waals surface area contributed by atoms with Crippen LogP contribution in [-0.4, -0.2) is 62.7 Å². The van der Waals surface area contributed by atoms with Crippen LogP contribution in [0.2, 0.25) is 0 Å². The highest BCUT2D eigenvalue weighted by Gasteiger charge is 2.30. The van der Waals surface area contributed by atoms with Crippen LogP contribution >= 0.6 is 0 Å². The first-order valence-corrected chi connectivity index (χ1v) is 7.92. The van der Waals surface area contributed by atoms with E-state index in [2.05, 4.69) is 29.1 Å². The summed E-state index contributed by atoms with van der Waals surface area (Å²) >= 11 is 0. The Morgan fingerprint density at radius 1 is 1.43 bits per heavy atom. The van der Waals surface area contributed by atoms with Gasteiger partial charge in [-0.2, -0.15) is 0 Å². The molecule has 2 aromatic rings. The van der Waals surface area contributed by atoms with Crippen molar-refractivity contribution in [3.05, 3.63) is 24.2 Å². The number of carbonyl (C=O) groups excluding carboxylic acids is 1. The van der Waals surface area contributed by atoms with Gasteiger partial charge < -0.3 is 19.9 Å². The summed E-state index contributed by atoms with van der Waals surface area (Å²) in [4.78, 5) is 23.1. The molecule has 0 saturated carbocycles. The SMILES string of the molecule is CC(C)Cn1cnc2cc(C(=O)N[C@@H]3CN(C)C[C@H]3O)cnc21. The number of aliphatic hydroxyl groups excluding tert-OH is 1. The molecule has 0 radical (unpaired) electrons. The summed E-state index contributed by atoms with van der Waals surface area (Å²) < 4.78 is 2.00. The molecule has 0 aliphatic carbocycles. The molecule has 3 heterocycles. The molecule has 7 nitrogen and oxygen atoms in total. The number of nitrogens with zero attached hydrogens (tertiary/aromatic N) is 4. The average Bonchev–Trinajstić information content (AvgIpc) is 3.01. The van der Waals surface area contributed by atoms with Gasteiger partial charge in [0.2, 0.25) is 0 Å². The van der Waals surface area contributed by atoms with Crippen LogP contribution in [0, 0.1) is 5.92 Å². The predicted molar refractivity (Wildman–Crippen MR) is 87.1 cm³/mol. The Labute approximate surface area is 135 Å². The molecule has 1 saturated heterocycles.